The Bertz CT molecular complexity index is 2010. The number of hydrogen-bond acceptors (Lipinski definition) is 6. The molecule has 2 aliphatic heterocycles. The van der Waals surface area contributed by atoms with E-state index in [0.717, 1.165) is 16.9 Å². The van der Waals surface area contributed by atoms with Crippen LogP contribution in [0, 0.1) is 36.0 Å². The third-order valence-electron chi connectivity index (χ3n) is 11.1. The molecule has 2 N–H and O–H groups in total. The van der Waals surface area contributed by atoms with Gasteiger partial charge in [0.2, 0.25) is 23.6 Å². The molecule has 0 unspecified atom stereocenters. The Morgan fingerprint density at radius 2 is 1.35 bits per heavy atom. The van der Waals surface area contributed by atoms with Crippen LogP contribution in [0.1, 0.15) is 36.8 Å². The number of nitrogens with one attached hydrogen (secondary N) is 1. The van der Waals surface area contributed by atoms with Gasteiger partial charge < -0.3 is 10.4 Å². The Hall–Kier alpha value is -5.50. The minimum Gasteiger partial charge on any atom is -0.507 e. The quantitative estimate of drug-likeness (QED) is 0.183. The predicted octanol–water partition coefficient (Wildman–Crippen LogP) is 6.88. The number of imide groups is 2. The van der Waals surface area contributed by atoms with Gasteiger partial charge in [0.25, 0.3) is 0 Å². The van der Waals surface area contributed by atoms with Gasteiger partial charge in [-0.15, -0.1) is 0 Å². The zero-order valence-corrected chi connectivity index (χ0v) is 26.7. The third kappa shape index (κ3) is 4.28. The summed E-state index contributed by atoms with van der Waals surface area (Å²) in [7, 11) is 0. The SMILES string of the molecule is Cc1cccc([C@H]2C3=CC[C@@H]4C(=O)N(c5ccc(Nc6ccccc6)cc5)C(=O)[C@@H]4[C@@H]3C[C@H]3C(=O)N(c4ccccc4)C(=O)[C@@]23C)c1O. The van der Waals surface area contributed by atoms with Crippen molar-refractivity contribution in [2.75, 3.05) is 15.1 Å². The fourth-order valence-corrected chi connectivity index (χ4v) is 8.73. The van der Waals surface area contributed by atoms with E-state index in [1.54, 1.807) is 49.4 Å². The van der Waals surface area contributed by atoms with E-state index in [0.29, 0.717) is 28.9 Å². The van der Waals surface area contributed by atoms with Crippen LogP contribution in [0.3, 0.4) is 0 Å². The van der Waals surface area contributed by atoms with Crippen molar-refractivity contribution in [3.63, 3.8) is 0 Å². The van der Waals surface area contributed by atoms with Gasteiger partial charge in [0.05, 0.1) is 34.5 Å². The first-order chi connectivity index (χ1) is 23.2. The lowest BCUT2D eigenvalue weighted by atomic mass is 9.51. The normalized spacial score (nSPS) is 27.8. The van der Waals surface area contributed by atoms with Crippen molar-refractivity contribution in [3.05, 3.63) is 126 Å². The van der Waals surface area contributed by atoms with Crippen LogP contribution in [0.25, 0.3) is 0 Å². The summed E-state index contributed by atoms with van der Waals surface area (Å²) < 4.78 is 0. The number of benzene rings is 4. The van der Waals surface area contributed by atoms with Crippen LogP contribution in [0.2, 0.25) is 0 Å². The highest BCUT2D eigenvalue weighted by atomic mass is 16.3. The van der Waals surface area contributed by atoms with Gasteiger partial charge in [0, 0.05) is 22.9 Å². The number of rotatable bonds is 5. The Balaban J connectivity index is 1.18. The molecule has 4 aromatic rings. The fraction of sp³-hybridized carbons (Fsp3) is 0.250. The number of carbonyl (C=O) groups excluding carboxylic acids is 4. The van der Waals surface area contributed by atoms with Crippen molar-refractivity contribution >= 4 is 46.4 Å². The van der Waals surface area contributed by atoms with E-state index < -0.39 is 35.0 Å². The van der Waals surface area contributed by atoms with E-state index in [4.69, 9.17) is 0 Å². The van der Waals surface area contributed by atoms with Crippen molar-refractivity contribution < 1.29 is 24.3 Å². The molecule has 1 saturated carbocycles. The third-order valence-corrected chi connectivity index (χ3v) is 11.1. The Labute approximate surface area is 278 Å². The molecular weight excluding hydrogens is 602 g/mol. The summed E-state index contributed by atoms with van der Waals surface area (Å²) in [5.74, 6) is -4.26. The van der Waals surface area contributed by atoms with Crippen LogP contribution in [-0.4, -0.2) is 28.7 Å². The van der Waals surface area contributed by atoms with E-state index in [1.165, 1.54) is 9.80 Å². The van der Waals surface area contributed by atoms with Gasteiger partial charge in [0.1, 0.15) is 5.75 Å². The molecule has 0 bridgehead atoms. The number of hydrogen-bond donors (Lipinski definition) is 2. The Morgan fingerprint density at radius 3 is 2.06 bits per heavy atom. The van der Waals surface area contributed by atoms with Gasteiger partial charge in [-0.2, -0.15) is 0 Å². The van der Waals surface area contributed by atoms with Crippen LogP contribution in [-0.2, 0) is 19.2 Å². The van der Waals surface area contributed by atoms with E-state index in [9.17, 15) is 24.3 Å². The van der Waals surface area contributed by atoms with Crippen LogP contribution in [0.4, 0.5) is 22.7 Å². The molecule has 0 spiro atoms. The molecule has 8 nitrogen and oxygen atoms in total. The first-order valence-corrected chi connectivity index (χ1v) is 16.4. The molecule has 0 radical (unpaired) electrons. The molecule has 2 heterocycles. The number of fused-ring (bicyclic) bond motifs is 4. The molecular formula is C40H35N3O5. The lowest BCUT2D eigenvalue weighted by Gasteiger charge is -2.49. The smallest absolute Gasteiger partial charge is 0.241 e. The predicted molar refractivity (Wildman–Crippen MR) is 183 cm³/mol. The van der Waals surface area contributed by atoms with Crippen molar-refractivity contribution in [2.45, 2.75) is 32.6 Å². The Kier molecular flexibility index (Phi) is 6.87. The van der Waals surface area contributed by atoms with Crippen molar-refractivity contribution in [3.8, 4) is 5.75 Å². The number of aromatic hydroxyl groups is 1. The van der Waals surface area contributed by atoms with Crippen LogP contribution >= 0.6 is 0 Å². The molecule has 8 heteroatoms. The number of anilines is 4. The van der Waals surface area contributed by atoms with Crippen LogP contribution in [0.15, 0.2) is 115 Å². The number of nitrogens with zero attached hydrogens (tertiary/aromatic N) is 2. The highest BCUT2D eigenvalue weighted by Gasteiger charge is 2.68. The highest BCUT2D eigenvalue weighted by molar-refractivity contribution is 6.25. The van der Waals surface area contributed by atoms with E-state index >= 15 is 0 Å². The molecule has 3 fully saturated rings. The molecule has 0 aromatic heterocycles. The monoisotopic (exact) mass is 637 g/mol. The maximum absolute atomic E-state index is 14.5. The summed E-state index contributed by atoms with van der Waals surface area (Å²) >= 11 is 0. The van der Waals surface area contributed by atoms with Gasteiger partial charge in [0.15, 0.2) is 0 Å². The van der Waals surface area contributed by atoms with Gasteiger partial charge in [-0.25, -0.2) is 4.90 Å². The first-order valence-electron chi connectivity index (χ1n) is 16.4. The second-order valence-electron chi connectivity index (χ2n) is 13.6. The average Bonchev–Trinajstić information content (AvgIpc) is 3.47. The molecule has 6 atom stereocenters. The molecule has 4 amide bonds. The van der Waals surface area contributed by atoms with Crippen LogP contribution < -0.4 is 15.1 Å². The van der Waals surface area contributed by atoms with E-state index in [-0.39, 0.29) is 35.8 Å². The first kappa shape index (κ1) is 29.9. The second kappa shape index (κ2) is 11.0. The minimum absolute atomic E-state index is 0.0733. The number of amides is 4. The number of phenols is 1. The van der Waals surface area contributed by atoms with E-state index in [2.05, 4.69) is 5.32 Å². The molecule has 4 aromatic carbocycles. The summed E-state index contributed by atoms with van der Waals surface area (Å²) in [6.07, 6.45) is 2.59. The van der Waals surface area contributed by atoms with Gasteiger partial charge in [-0.3, -0.25) is 24.1 Å². The van der Waals surface area contributed by atoms with Crippen molar-refractivity contribution in [1.29, 1.82) is 0 Å². The molecule has 8 rings (SSSR count). The summed E-state index contributed by atoms with van der Waals surface area (Å²) in [6.45, 7) is 3.63. The fourth-order valence-electron chi connectivity index (χ4n) is 8.73. The zero-order chi connectivity index (χ0) is 33.3. The molecule has 4 aliphatic rings. The Morgan fingerprint density at radius 1 is 0.708 bits per heavy atom. The number of allylic oxidation sites excluding steroid dienone is 2. The topological polar surface area (TPSA) is 107 Å². The molecule has 2 aliphatic carbocycles. The summed E-state index contributed by atoms with van der Waals surface area (Å²) in [6, 6.07) is 31.3. The van der Waals surface area contributed by atoms with Gasteiger partial charge in [-0.1, -0.05) is 66.2 Å². The summed E-state index contributed by atoms with van der Waals surface area (Å²) in [5, 5.41) is 14.8. The number of aryl methyl sites for hydroxylation is 1. The van der Waals surface area contributed by atoms with Gasteiger partial charge in [-0.05, 0) is 86.7 Å². The largest absolute Gasteiger partial charge is 0.507 e. The second-order valence-corrected chi connectivity index (χ2v) is 13.6. The maximum atomic E-state index is 14.5. The van der Waals surface area contributed by atoms with Gasteiger partial charge >= 0.3 is 0 Å². The standard InChI is InChI=1S/C40H35N3O5/c1-23-10-9-15-30(35(23)44)34-28-20-21-29-33(31(28)22-32-37(46)43(39(48)40(32,34)2)26-13-7-4-8-14-26)38(47)42(36(29)45)27-18-16-25(17-19-27)41-24-11-5-3-6-12-24/h3-20,29,31-34,41,44H,21-22H2,1-2H3/t29-,31+,32-,33-,34+,40+/m0/s1. The lowest BCUT2D eigenvalue weighted by molar-refractivity contribution is -0.131. The zero-order valence-electron chi connectivity index (χ0n) is 26.7. The van der Waals surface area contributed by atoms with E-state index in [1.807, 2.05) is 73.7 Å². The number of para-hydroxylation sites is 3. The molecule has 240 valence electrons. The minimum atomic E-state index is -1.21. The number of phenolic OH excluding ortho intramolecular Hbond substituents is 1. The van der Waals surface area contributed by atoms with Crippen LogP contribution in [0.5, 0.6) is 5.75 Å². The molecule has 48 heavy (non-hydrogen) atoms. The molecule has 2 saturated heterocycles. The lowest BCUT2D eigenvalue weighted by Crippen LogP contribution is -2.49. The number of carbonyl (C=O) groups is 4. The van der Waals surface area contributed by atoms with Crippen molar-refractivity contribution in [2.24, 2.45) is 29.1 Å². The summed E-state index contributed by atoms with van der Waals surface area (Å²) in [4.78, 5) is 59.8. The summed E-state index contributed by atoms with van der Waals surface area (Å²) in [5.41, 5.74) is 3.59. The van der Waals surface area contributed by atoms with Crippen molar-refractivity contribution in [1.82, 2.24) is 0 Å². The maximum Gasteiger partial charge on any atom is 0.241 e. The average molecular weight is 638 g/mol. The highest BCUT2D eigenvalue weighted by Crippen LogP contribution is 2.64.